The Labute approximate surface area is 164 Å². The summed E-state index contributed by atoms with van der Waals surface area (Å²) in [5.41, 5.74) is 9.21. The molecule has 2 rings (SSSR count). The minimum absolute atomic E-state index is 0. The summed E-state index contributed by atoms with van der Waals surface area (Å²) in [4.78, 5) is 11.7. The van der Waals surface area contributed by atoms with Gasteiger partial charge in [-0.2, -0.15) is 0 Å². The number of hydrogen-bond acceptors (Lipinski definition) is 3. The Morgan fingerprint density at radius 3 is 2.17 bits per heavy atom. The number of thiocarbonyl (C=S) groups is 1. The van der Waals surface area contributed by atoms with Crippen LogP contribution in [-0.2, 0) is 4.79 Å². The molecule has 0 saturated carbocycles. The average molecular weight is 337 g/mol. The Balaban J connectivity index is 0.00000264. The van der Waals surface area contributed by atoms with Crippen LogP contribution in [0.5, 0.6) is 0 Å². The molecule has 0 radical (unpaired) electrons. The summed E-state index contributed by atoms with van der Waals surface area (Å²) >= 11 is 5.52. The Morgan fingerprint density at radius 1 is 1.04 bits per heavy atom. The van der Waals surface area contributed by atoms with Gasteiger partial charge in [0.25, 0.3) is 0 Å². The average Bonchev–Trinajstić information content (AvgIpc) is 2.53. The second-order valence-corrected chi connectivity index (χ2v) is 5.96. The molecule has 2 aromatic rings. The van der Waals surface area contributed by atoms with E-state index < -0.39 is 12.0 Å². The maximum atomic E-state index is 11.0. The van der Waals surface area contributed by atoms with Crippen LogP contribution >= 0.6 is 12.2 Å². The van der Waals surface area contributed by atoms with E-state index in [0.717, 1.165) is 11.1 Å². The van der Waals surface area contributed by atoms with Gasteiger partial charge in [0.1, 0.15) is 6.04 Å². The third-order valence-corrected chi connectivity index (χ3v) is 4.08. The maximum absolute atomic E-state index is 11.0. The molecule has 0 aliphatic rings. The summed E-state index contributed by atoms with van der Waals surface area (Å²) < 4.78 is 0. The van der Waals surface area contributed by atoms with E-state index in [-0.39, 0.29) is 29.6 Å². The van der Waals surface area contributed by atoms with Gasteiger partial charge >= 0.3 is 35.5 Å². The molecule has 0 bridgehead atoms. The molecule has 23 heavy (non-hydrogen) atoms. The summed E-state index contributed by atoms with van der Waals surface area (Å²) in [6, 6.07) is 14.2. The van der Waals surface area contributed by atoms with Gasteiger partial charge in [-0.05, 0) is 34.2 Å². The van der Waals surface area contributed by atoms with Gasteiger partial charge in [0.2, 0.25) is 0 Å². The first-order valence-corrected chi connectivity index (χ1v) is 7.54. The van der Waals surface area contributed by atoms with Crippen LogP contribution in [0.25, 0.3) is 0 Å². The van der Waals surface area contributed by atoms with Crippen LogP contribution in [0.2, 0.25) is 0 Å². The number of carboxylic acid groups (broad SMARTS) is 1. The van der Waals surface area contributed by atoms with Crippen LogP contribution < -0.4 is 5.73 Å². The molecular weight excluding hydrogens is 317 g/mol. The second kappa shape index (κ2) is 8.71. The van der Waals surface area contributed by atoms with E-state index in [2.05, 4.69) is 26.0 Å². The number of rotatable bonds is 5. The van der Waals surface area contributed by atoms with Crippen LogP contribution in [0, 0.1) is 0 Å². The number of hydrogen-bond donors (Lipinski definition) is 2. The summed E-state index contributed by atoms with van der Waals surface area (Å²) in [5, 5.41) is 9.01. The van der Waals surface area contributed by atoms with Crippen molar-refractivity contribution in [1.82, 2.24) is 0 Å². The van der Waals surface area contributed by atoms with E-state index >= 15 is 0 Å². The van der Waals surface area contributed by atoms with Crippen molar-refractivity contribution in [2.45, 2.75) is 25.8 Å². The van der Waals surface area contributed by atoms with E-state index in [1.807, 2.05) is 18.2 Å². The number of carboxylic acids is 1. The van der Waals surface area contributed by atoms with Crippen molar-refractivity contribution in [3.8, 4) is 0 Å². The quantitative estimate of drug-likeness (QED) is 0.500. The van der Waals surface area contributed by atoms with Gasteiger partial charge in [-0.1, -0.05) is 68.5 Å². The van der Waals surface area contributed by atoms with Gasteiger partial charge in [-0.25, -0.2) is 0 Å². The molecule has 0 fully saturated rings. The van der Waals surface area contributed by atoms with Gasteiger partial charge in [0.05, 0.1) is 4.86 Å². The van der Waals surface area contributed by atoms with Gasteiger partial charge in [-0.15, -0.1) is 0 Å². The van der Waals surface area contributed by atoms with Crippen LogP contribution in [0.15, 0.2) is 48.5 Å². The van der Waals surface area contributed by atoms with E-state index in [4.69, 9.17) is 23.1 Å². The molecule has 3 N–H and O–H groups in total. The van der Waals surface area contributed by atoms with E-state index in [0.29, 0.717) is 16.3 Å². The number of aliphatic carboxylic acids is 1. The Morgan fingerprint density at radius 2 is 1.65 bits per heavy atom. The monoisotopic (exact) mass is 337 g/mol. The zero-order valence-corrected chi connectivity index (χ0v) is 13.4. The summed E-state index contributed by atoms with van der Waals surface area (Å²) in [7, 11) is 0. The molecule has 0 heterocycles. The zero-order chi connectivity index (χ0) is 16.3. The first kappa shape index (κ1) is 20.0. The SMILES string of the molecule is CC(C)c1ccc(C(=S)c2cccc(C(N)C(=O)O)c2)cc1.[NaH]. The summed E-state index contributed by atoms with van der Waals surface area (Å²) in [6.45, 7) is 4.29. The van der Waals surface area contributed by atoms with Crippen LogP contribution in [0.3, 0.4) is 0 Å². The molecule has 0 aliphatic heterocycles. The van der Waals surface area contributed by atoms with Crippen LogP contribution in [-0.4, -0.2) is 45.5 Å². The van der Waals surface area contributed by atoms with E-state index in [1.54, 1.807) is 18.2 Å². The fraction of sp³-hybridized carbons (Fsp3) is 0.222. The third-order valence-electron chi connectivity index (χ3n) is 3.61. The molecule has 1 atom stereocenters. The first-order chi connectivity index (χ1) is 10.4. The normalized spacial score (nSPS) is 11.7. The van der Waals surface area contributed by atoms with Gasteiger partial charge < -0.3 is 10.8 Å². The fourth-order valence-corrected chi connectivity index (χ4v) is 2.47. The fourth-order valence-electron chi connectivity index (χ4n) is 2.20. The second-order valence-electron chi connectivity index (χ2n) is 5.55. The topological polar surface area (TPSA) is 63.3 Å². The molecule has 3 nitrogen and oxygen atoms in total. The predicted octanol–water partition coefficient (Wildman–Crippen LogP) is 3.01. The van der Waals surface area contributed by atoms with Gasteiger partial charge in [-0.3, -0.25) is 4.79 Å². The Hall–Kier alpha value is -1.04. The molecule has 116 valence electrons. The molecule has 5 heteroatoms. The molecule has 0 aliphatic carbocycles. The standard InChI is InChI=1S/C18H19NO2S.Na.H/c1-11(2)12-6-8-13(9-7-12)17(22)15-5-3-4-14(10-15)16(19)18(20)21;;/h3-11,16H,19H2,1-2H3,(H,20,21);;. The molecule has 0 aromatic heterocycles. The Kier molecular flexibility index (Phi) is 7.58. The van der Waals surface area contributed by atoms with E-state index in [1.165, 1.54) is 5.56 Å². The van der Waals surface area contributed by atoms with Crippen molar-refractivity contribution in [3.63, 3.8) is 0 Å². The van der Waals surface area contributed by atoms with Gasteiger partial charge in [0, 0.05) is 0 Å². The van der Waals surface area contributed by atoms with Crippen molar-refractivity contribution in [3.05, 3.63) is 70.8 Å². The molecule has 0 amide bonds. The number of nitrogens with two attached hydrogens (primary N) is 1. The summed E-state index contributed by atoms with van der Waals surface area (Å²) in [5.74, 6) is -0.580. The van der Waals surface area contributed by atoms with Crippen LogP contribution in [0.4, 0.5) is 0 Å². The third kappa shape index (κ3) is 4.96. The summed E-state index contributed by atoms with van der Waals surface area (Å²) in [6.07, 6.45) is 0. The first-order valence-electron chi connectivity index (χ1n) is 7.13. The Bertz CT molecular complexity index is 698. The van der Waals surface area contributed by atoms with Crippen molar-refractivity contribution in [2.75, 3.05) is 0 Å². The van der Waals surface area contributed by atoms with Crippen molar-refractivity contribution < 1.29 is 9.90 Å². The number of benzene rings is 2. The molecular formula is C18H20NNaO2S. The molecule has 1 unspecified atom stereocenters. The van der Waals surface area contributed by atoms with Gasteiger partial charge in [0.15, 0.2) is 0 Å². The molecule has 0 spiro atoms. The van der Waals surface area contributed by atoms with Crippen LogP contribution in [0.1, 0.15) is 48.1 Å². The van der Waals surface area contributed by atoms with Crippen molar-refractivity contribution in [2.24, 2.45) is 5.73 Å². The molecule has 2 aromatic carbocycles. The number of carbonyl (C=O) groups is 1. The predicted molar refractivity (Wildman–Crippen MR) is 99.5 cm³/mol. The van der Waals surface area contributed by atoms with E-state index in [9.17, 15) is 4.79 Å². The zero-order valence-electron chi connectivity index (χ0n) is 12.6. The minimum atomic E-state index is -1.05. The van der Waals surface area contributed by atoms with Crippen molar-refractivity contribution >= 4 is 52.6 Å². The molecule has 0 saturated heterocycles. The van der Waals surface area contributed by atoms with Crippen molar-refractivity contribution in [1.29, 1.82) is 0 Å².